The van der Waals surface area contributed by atoms with E-state index in [1.165, 1.54) is 12.0 Å². The SMILES string of the molecule is COc1ccc2c(CCN(C)C)cn(COP(=O)(NCC(=O)OC3CCCCC3)OC3CCCCC3)c2c1. The van der Waals surface area contributed by atoms with Crippen LogP contribution in [0.25, 0.3) is 10.9 Å². The maximum atomic E-state index is 13.9. The van der Waals surface area contributed by atoms with Crippen molar-refractivity contribution in [1.29, 1.82) is 0 Å². The van der Waals surface area contributed by atoms with Crippen LogP contribution in [0.5, 0.6) is 5.75 Å². The first-order chi connectivity index (χ1) is 18.3. The molecule has 1 heterocycles. The van der Waals surface area contributed by atoms with E-state index in [9.17, 15) is 9.36 Å². The second-order valence-electron chi connectivity index (χ2n) is 10.8. The largest absolute Gasteiger partial charge is 0.497 e. The number of fused-ring (bicyclic) bond motifs is 1. The molecule has 2 saturated carbocycles. The minimum Gasteiger partial charge on any atom is -0.497 e. The first kappa shape index (κ1) is 29.1. The Balaban J connectivity index is 1.48. The summed E-state index contributed by atoms with van der Waals surface area (Å²) in [4.78, 5) is 14.7. The normalized spacial score (nSPS) is 19.1. The quantitative estimate of drug-likeness (QED) is 0.253. The van der Waals surface area contributed by atoms with E-state index in [2.05, 4.69) is 24.1 Å². The van der Waals surface area contributed by atoms with Gasteiger partial charge < -0.3 is 18.9 Å². The molecule has 2 aromatic rings. The van der Waals surface area contributed by atoms with E-state index in [1.807, 2.05) is 29.0 Å². The van der Waals surface area contributed by atoms with Crippen molar-refractivity contribution in [2.24, 2.45) is 0 Å². The number of benzene rings is 1. The highest BCUT2D eigenvalue weighted by Crippen LogP contribution is 2.47. The molecule has 1 atom stereocenters. The van der Waals surface area contributed by atoms with Gasteiger partial charge in [0.25, 0.3) is 0 Å². The van der Waals surface area contributed by atoms with Gasteiger partial charge in [-0.05, 0) is 76.7 Å². The van der Waals surface area contributed by atoms with Crippen molar-refractivity contribution in [3.63, 3.8) is 0 Å². The smallest absolute Gasteiger partial charge is 0.408 e. The fraction of sp³-hybridized carbons (Fsp3) is 0.679. The monoisotopic (exact) mass is 549 g/mol. The molecule has 2 fully saturated rings. The number of carbonyl (C=O) groups excluding carboxylic acids is 1. The molecule has 212 valence electrons. The summed E-state index contributed by atoms with van der Waals surface area (Å²) in [5.41, 5.74) is 2.10. The van der Waals surface area contributed by atoms with Crippen molar-refractivity contribution < 1.29 is 27.9 Å². The summed E-state index contributed by atoms with van der Waals surface area (Å²) >= 11 is 0. The number of nitrogens with one attached hydrogen (secondary N) is 1. The Morgan fingerprint density at radius 2 is 1.74 bits per heavy atom. The lowest BCUT2D eigenvalue weighted by Gasteiger charge is -2.28. The maximum Gasteiger partial charge on any atom is 0.408 e. The second-order valence-corrected chi connectivity index (χ2v) is 12.5. The van der Waals surface area contributed by atoms with Crippen molar-refractivity contribution in [2.75, 3.05) is 34.3 Å². The van der Waals surface area contributed by atoms with E-state index in [-0.39, 0.29) is 25.5 Å². The van der Waals surface area contributed by atoms with Gasteiger partial charge in [-0.15, -0.1) is 0 Å². The summed E-state index contributed by atoms with van der Waals surface area (Å²) in [6.07, 6.45) is 12.7. The topological polar surface area (TPSA) is 91.3 Å². The number of hydrogen-bond acceptors (Lipinski definition) is 7. The van der Waals surface area contributed by atoms with Crippen LogP contribution in [-0.4, -0.2) is 61.9 Å². The molecule has 0 spiro atoms. The zero-order chi connectivity index (χ0) is 27.0. The zero-order valence-electron chi connectivity index (χ0n) is 23.2. The molecule has 10 heteroatoms. The molecule has 0 radical (unpaired) electrons. The lowest BCUT2D eigenvalue weighted by atomic mass is 9.98. The summed E-state index contributed by atoms with van der Waals surface area (Å²) in [7, 11) is 1.95. The number of rotatable bonds is 13. The average molecular weight is 550 g/mol. The number of methoxy groups -OCH3 is 1. The van der Waals surface area contributed by atoms with Gasteiger partial charge in [0.2, 0.25) is 0 Å². The molecule has 4 rings (SSSR count). The molecule has 2 aliphatic carbocycles. The average Bonchev–Trinajstić information content (AvgIpc) is 3.27. The summed E-state index contributed by atoms with van der Waals surface area (Å²) in [6.45, 7) is 0.703. The first-order valence-corrected chi connectivity index (χ1v) is 15.6. The third-order valence-corrected chi connectivity index (χ3v) is 9.05. The van der Waals surface area contributed by atoms with Gasteiger partial charge in [-0.3, -0.25) is 13.8 Å². The molecule has 0 bridgehead atoms. The Labute approximate surface area is 226 Å². The number of carbonyl (C=O) groups is 1. The number of esters is 1. The van der Waals surface area contributed by atoms with Crippen LogP contribution in [0.15, 0.2) is 24.4 Å². The van der Waals surface area contributed by atoms with Crippen LogP contribution in [0.2, 0.25) is 0 Å². The van der Waals surface area contributed by atoms with Crippen molar-refractivity contribution in [2.45, 2.75) is 89.6 Å². The maximum absolute atomic E-state index is 13.9. The molecule has 0 amide bonds. The third kappa shape index (κ3) is 8.30. The van der Waals surface area contributed by atoms with E-state index in [0.29, 0.717) is 0 Å². The van der Waals surface area contributed by atoms with Crippen LogP contribution < -0.4 is 9.82 Å². The van der Waals surface area contributed by atoms with Gasteiger partial charge in [0.05, 0.1) is 18.7 Å². The third-order valence-electron chi connectivity index (χ3n) is 7.47. The minimum atomic E-state index is -3.79. The summed E-state index contributed by atoms with van der Waals surface area (Å²) in [5.74, 6) is 0.316. The Bertz CT molecular complexity index is 1090. The molecule has 0 saturated heterocycles. The van der Waals surface area contributed by atoms with Crippen LogP contribution in [0.3, 0.4) is 0 Å². The molecule has 1 aromatic heterocycles. The molecule has 1 N–H and O–H groups in total. The van der Waals surface area contributed by atoms with Gasteiger partial charge in [0, 0.05) is 24.2 Å². The zero-order valence-corrected chi connectivity index (χ0v) is 24.0. The molecule has 1 aromatic carbocycles. The lowest BCUT2D eigenvalue weighted by molar-refractivity contribution is -0.149. The molecule has 2 aliphatic rings. The fourth-order valence-corrected chi connectivity index (χ4v) is 6.74. The predicted molar refractivity (Wildman–Crippen MR) is 148 cm³/mol. The highest BCUT2D eigenvalue weighted by Gasteiger charge is 2.32. The van der Waals surface area contributed by atoms with E-state index < -0.39 is 13.7 Å². The van der Waals surface area contributed by atoms with Crippen LogP contribution >= 0.6 is 7.75 Å². The van der Waals surface area contributed by atoms with Gasteiger partial charge in [0.1, 0.15) is 25.1 Å². The molecular weight excluding hydrogens is 505 g/mol. The molecular formula is C28H44N3O6P. The van der Waals surface area contributed by atoms with Gasteiger partial charge in [-0.2, -0.15) is 0 Å². The number of aromatic nitrogens is 1. The Kier molecular flexibility index (Phi) is 10.7. The molecule has 0 aliphatic heterocycles. The van der Waals surface area contributed by atoms with Gasteiger partial charge in [-0.25, -0.2) is 9.65 Å². The first-order valence-electron chi connectivity index (χ1n) is 14.0. The predicted octanol–water partition coefficient (Wildman–Crippen LogP) is 5.65. The molecule has 9 nitrogen and oxygen atoms in total. The second kappa shape index (κ2) is 13.9. The van der Waals surface area contributed by atoms with Gasteiger partial charge >= 0.3 is 13.7 Å². The standard InChI is InChI=1S/C28H44N3O6P/c1-30(2)17-16-22-20-31(27-18-25(34-3)14-15-26(22)27)21-35-38(33,37-24-12-8-5-9-13-24)29-19-28(32)36-23-10-6-4-7-11-23/h14-15,18,20,23-24H,4-13,16-17,19,21H2,1-3H3,(H,29,33). The van der Waals surface area contributed by atoms with Gasteiger partial charge in [0.15, 0.2) is 0 Å². The number of likely N-dealkylation sites (N-methyl/N-ethyl adjacent to an activating group) is 1. The number of hydrogen-bond donors (Lipinski definition) is 1. The van der Waals surface area contributed by atoms with Crippen LogP contribution in [0, 0.1) is 0 Å². The van der Waals surface area contributed by atoms with Crippen molar-refractivity contribution in [3.8, 4) is 5.75 Å². The number of nitrogens with zero attached hydrogens (tertiary/aromatic N) is 2. The fourth-order valence-electron chi connectivity index (χ4n) is 5.32. The van der Waals surface area contributed by atoms with Gasteiger partial charge in [-0.1, -0.05) is 25.7 Å². The Hall–Kier alpha value is -1.90. The van der Waals surface area contributed by atoms with E-state index >= 15 is 0 Å². The summed E-state index contributed by atoms with van der Waals surface area (Å²) in [5, 5.41) is 3.91. The highest BCUT2D eigenvalue weighted by molar-refractivity contribution is 7.51. The van der Waals surface area contributed by atoms with Crippen LogP contribution in [0.4, 0.5) is 0 Å². The number of ether oxygens (including phenoxy) is 2. The van der Waals surface area contributed by atoms with E-state index in [4.69, 9.17) is 18.5 Å². The van der Waals surface area contributed by atoms with E-state index in [0.717, 1.165) is 87.4 Å². The lowest BCUT2D eigenvalue weighted by Crippen LogP contribution is -2.30. The van der Waals surface area contributed by atoms with E-state index in [1.54, 1.807) is 7.11 Å². The summed E-state index contributed by atoms with van der Waals surface area (Å²) < 4.78 is 39.0. The molecule has 1 unspecified atom stereocenters. The van der Waals surface area contributed by atoms with Crippen molar-refractivity contribution >= 4 is 24.6 Å². The minimum absolute atomic E-state index is 0.0142. The summed E-state index contributed by atoms with van der Waals surface area (Å²) in [6, 6.07) is 5.95. The molecule has 38 heavy (non-hydrogen) atoms. The van der Waals surface area contributed by atoms with Crippen molar-refractivity contribution in [3.05, 3.63) is 30.0 Å². The Morgan fingerprint density at radius 3 is 2.39 bits per heavy atom. The Morgan fingerprint density at radius 1 is 1.05 bits per heavy atom. The highest BCUT2D eigenvalue weighted by atomic mass is 31.2. The van der Waals surface area contributed by atoms with Crippen LogP contribution in [-0.2, 0) is 36.3 Å². The van der Waals surface area contributed by atoms with Crippen molar-refractivity contribution in [1.82, 2.24) is 14.6 Å². The van der Waals surface area contributed by atoms with Crippen LogP contribution in [0.1, 0.15) is 69.8 Å².